The van der Waals surface area contributed by atoms with Crippen LogP contribution in [0.3, 0.4) is 0 Å². The van der Waals surface area contributed by atoms with Crippen molar-refractivity contribution in [2.45, 2.75) is 29.3 Å². The topological polar surface area (TPSA) is 131 Å². The molecule has 9 nitrogen and oxygen atoms in total. The number of carbonyl (C=O) groups is 3. The molecule has 0 radical (unpaired) electrons. The Kier molecular flexibility index (Phi) is 7.36. The normalized spacial score (nSPS) is 18.8. The highest BCUT2D eigenvalue weighted by molar-refractivity contribution is 8.06. The van der Waals surface area contributed by atoms with E-state index in [1.54, 1.807) is 10.9 Å². The van der Waals surface area contributed by atoms with E-state index in [0.29, 0.717) is 23.6 Å². The van der Waals surface area contributed by atoms with Crippen LogP contribution in [0.15, 0.2) is 82.5 Å². The molecule has 3 heterocycles. The number of thioether (sulfide) groups is 2. The smallest absolute Gasteiger partial charge is 0.353 e. The number of amides is 2. The summed E-state index contributed by atoms with van der Waals surface area (Å²) in [5, 5.41) is 17.5. The van der Waals surface area contributed by atoms with Gasteiger partial charge in [0.25, 0.3) is 5.91 Å². The van der Waals surface area contributed by atoms with Crippen LogP contribution in [-0.4, -0.2) is 61.3 Å². The number of fused-ring (bicyclic) bond motifs is 1. The van der Waals surface area contributed by atoms with Gasteiger partial charge in [0, 0.05) is 10.7 Å². The summed E-state index contributed by atoms with van der Waals surface area (Å²) in [5.41, 5.74) is 8.36. The number of carbonyl (C=O) groups excluding carboxylic acids is 2. The molecule has 1 saturated heterocycles. The Labute approximate surface area is 222 Å². The molecule has 11 heteroatoms. The molecule has 2 amide bonds. The first-order valence-electron chi connectivity index (χ1n) is 11.7. The molecule has 0 spiro atoms. The number of hydrogen-bond acceptors (Lipinski definition) is 7. The van der Waals surface area contributed by atoms with E-state index in [4.69, 9.17) is 5.73 Å². The second kappa shape index (κ2) is 10.8. The zero-order chi connectivity index (χ0) is 25.9. The summed E-state index contributed by atoms with van der Waals surface area (Å²) >= 11 is 2.72. The van der Waals surface area contributed by atoms with Gasteiger partial charge < -0.3 is 16.2 Å². The summed E-state index contributed by atoms with van der Waals surface area (Å²) in [7, 11) is 0. The van der Waals surface area contributed by atoms with Crippen LogP contribution >= 0.6 is 23.5 Å². The van der Waals surface area contributed by atoms with Gasteiger partial charge in [-0.2, -0.15) is 5.10 Å². The molecule has 1 aromatic heterocycles. The Morgan fingerprint density at radius 2 is 1.84 bits per heavy atom. The SMILES string of the molecule is NCCc1ccccc1CC(=O)N[C@@H]1C(=O)N2C(C(=O)O)=C(Sc3ccnn3-c3ccccc3)CS[C@@H]12. The Bertz CT molecular complexity index is 1370. The maximum atomic E-state index is 13.1. The van der Waals surface area contributed by atoms with Crippen molar-refractivity contribution in [2.75, 3.05) is 12.3 Å². The van der Waals surface area contributed by atoms with Crippen LogP contribution in [0.2, 0.25) is 0 Å². The van der Waals surface area contributed by atoms with Gasteiger partial charge in [-0.05, 0) is 42.3 Å². The number of aliphatic carboxylic acids is 1. The van der Waals surface area contributed by atoms with E-state index >= 15 is 0 Å². The lowest BCUT2D eigenvalue weighted by Gasteiger charge is -2.49. The van der Waals surface area contributed by atoms with E-state index in [2.05, 4.69) is 10.4 Å². The number of carboxylic acids is 1. The van der Waals surface area contributed by atoms with Gasteiger partial charge in [-0.3, -0.25) is 14.5 Å². The molecular formula is C26H25N5O4S2. The zero-order valence-corrected chi connectivity index (χ0v) is 21.4. The minimum Gasteiger partial charge on any atom is -0.477 e. The van der Waals surface area contributed by atoms with Crippen LogP contribution in [0, 0.1) is 0 Å². The van der Waals surface area contributed by atoms with E-state index < -0.39 is 23.3 Å². The number of rotatable bonds is 9. The highest BCUT2D eigenvalue weighted by Gasteiger charge is 2.54. The number of hydrogen-bond donors (Lipinski definition) is 3. The average molecular weight is 536 g/mol. The fourth-order valence-electron chi connectivity index (χ4n) is 4.45. The molecule has 2 aliphatic heterocycles. The van der Waals surface area contributed by atoms with Crippen LogP contribution in [-0.2, 0) is 27.2 Å². The summed E-state index contributed by atoms with van der Waals surface area (Å²) in [5.74, 6) is -1.48. The van der Waals surface area contributed by atoms with Crippen molar-refractivity contribution in [1.29, 1.82) is 0 Å². The summed E-state index contributed by atoms with van der Waals surface area (Å²) in [6, 6.07) is 18.2. The third kappa shape index (κ3) is 5.02. The summed E-state index contributed by atoms with van der Waals surface area (Å²) < 4.78 is 1.73. The van der Waals surface area contributed by atoms with Gasteiger partial charge in [0.2, 0.25) is 5.91 Å². The van der Waals surface area contributed by atoms with Gasteiger partial charge in [0.05, 0.1) is 18.3 Å². The van der Waals surface area contributed by atoms with Crippen LogP contribution in [0.4, 0.5) is 0 Å². The van der Waals surface area contributed by atoms with Crippen molar-refractivity contribution in [1.82, 2.24) is 20.0 Å². The molecule has 0 saturated carbocycles. The highest BCUT2D eigenvalue weighted by Crippen LogP contribution is 2.45. The molecule has 3 aromatic rings. The lowest BCUT2D eigenvalue weighted by Crippen LogP contribution is -2.70. The predicted molar refractivity (Wildman–Crippen MR) is 142 cm³/mol. The molecule has 0 aliphatic carbocycles. The molecule has 5 rings (SSSR count). The van der Waals surface area contributed by atoms with Crippen LogP contribution < -0.4 is 11.1 Å². The number of carboxylic acid groups (broad SMARTS) is 1. The first-order valence-corrected chi connectivity index (χ1v) is 13.6. The van der Waals surface area contributed by atoms with E-state index in [-0.39, 0.29) is 18.0 Å². The first-order chi connectivity index (χ1) is 18.0. The maximum absolute atomic E-state index is 13.1. The van der Waals surface area contributed by atoms with Crippen molar-refractivity contribution in [2.24, 2.45) is 5.73 Å². The fraction of sp³-hybridized carbons (Fsp3) is 0.231. The molecular weight excluding hydrogens is 510 g/mol. The molecule has 37 heavy (non-hydrogen) atoms. The van der Waals surface area contributed by atoms with E-state index in [9.17, 15) is 19.5 Å². The predicted octanol–water partition coefficient (Wildman–Crippen LogP) is 2.40. The maximum Gasteiger partial charge on any atom is 0.353 e. The molecule has 0 unspecified atom stereocenters. The van der Waals surface area contributed by atoms with Crippen molar-refractivity contribution in [3.63, 3.8) is 0 Å². The first kappa shape index (κ1) is 25.1. The molecule has 190 valence electrons. The fourth-order valence-corrected chi connectivity index (χ4v) is 6.99. The quantitative estimate of drug-likeness (QED) is 0.356. The summed E-state index contributed by atoms with van der Waals surface area (Å²) in [4.78, 5) is 40.0. The van der Waals surface area contributed by atoms with Crippen LogP contribution in [0.5, 0.6) is 0 Å². The van der Waals surface area contributed by atoms with Gasteiger partial charge in [0.15, 0.2) is 0 Å². The monoisotopic (exact) mass is 535 g/mol. The highest BCUT2D eigenvalue weighted by atomic mass is 32.2. The Hall–Kier alpha value is -3.54. The van der Waals surface area contributed by atoms with Crippen molar-refractivity contribution >= 4 is 41.3 Å². The standard InChI is InChI=1S/C26H25N5O4S2/c27-12-10-16-6-4-5-7-17(16)14-20(32)29-22-24(33)30-23(26(34)35)19(15-36-25(22)30)37-21-11-13-28-31(21)18-8-2-1-3-9-18/h1-9,11,13,22,25H,10,12,14-15,27H2,(H,29,32)(H,34,35)/t22-,25+/m1/s1. The third-order valence-corrected chi connectivity index (χ3v) is 8.74. The number of aromatic nitrogens is 2. The molecule has 2 aliphatic rings. The number of nitrogens with one attached hydrogen (secondary N) is 1. The second-order valence-corrected chi connectivity index (χ2v) is 10.8. The number of nitrogens with two attached hydrogens (primary N) is 1. The Balaban J connectivity index is 1.31. The molecule has 2 aromatic carbocycles. The largest absolute Gasteiger partial charge is 0.477 e. The van der Waals surface area contributed by atoms with Crippen molar-refractivity contribution in [3.8, 4) is 5.69 Å². The number of nitrogens with zero attached hydrogens (tertiary/aromatic N) is 3. The second-order valence-electron chi connectivity index (χ2n) is 8.53. The summed E-state index contributed by atoms with van der Waals surface area (Å²) in [6.07, 6.45) is 2.44. The van der Waals surface area contributed by atoms with E-state index in [1.165, 1.54) is 28.4 Å². The summed E-state index contributed by atoms with van der Waals surface area (Å²) in [6.45, 7) is 0.476. The van der Waals surface area contributed by atoms with E-state index in [1.807, 2.05) is 60.7 Å². The van der Waals surface area contributed by atoms with Gasteiger partial charge in [-0.1, -0.05) is 54.2 Å². The average Bonchev–Trinajstić information content (AvgIpc) is 3.37. The minimum atomic E-state index is -1.17. The number of β-lactam (4-membered cyclic amide) rings is 1. The number of benzene rings is 2. The molecule has 1 fully saturated rings. The lowest BCUT2D eigenvalue weighted by molar-refractivity contribution is -0.150. The Morgan fingerprint density at radius 3 is 2.57 bits per heavy atom. The van der Waals surface area contributed by atoms with Crippen LogP contribution in [0.25, 0.3) is 5.69 Å². The van der Waals surface area contributed by atoms with Gasteiger partial charge in [-0.15, -0.1) is 11.8 Å². The van der Waals surface area contributed by atoms with Gasteiger partial charge in [-0.25, -0.2) is 9.48 Å². The Morgan fingerprint density at radius 1 is 1.11 bits per heavy atom. The molecule has 4 N–H and O–H groups in total. The minimum absolute atomic E-state index is 0.0432. The lowest BCUT2D eigenvalue weighted by atomic mass is 10.0. The molecule has 2 atom stereocenters. The molecule has 0 bridgehead atoms. The zero-order valence-electron chi connectivity index (χ0n) is 19.7. The number of para-hydroxylation sites is 1. The van der Waals surface area contributed by atoms with E-state index in [0.717, 1.165) is 21.8 Å². The van der Waals surface area contributed by atoms with Gasteiger partial charge in [0.1, 0.15) is 22.1 Å². The van der Waals surface area contributed by atoms with Crippen molar-refractivity contribution < 1.29 is 19.5 Å². The van der Waals surface area contributed by atoms with Crippen molar-refractivity contribution in [3.05, 3.63) is 88.6 Å². The van der Waals surface area contributed by atoms with Crippen LogP contribution in [0.1, 0.15) is 11.1 Å². The van der Waals surface area contributed by atoms with Gasteiger partial charge >= 0.3 is 5.97 Å². The third-order valence-electron chi connectivity index (χ3n) is 6.17.